The van der Waals surface area contributed by atoms with Crippen molar-refractivity contribution in [2.24, 2.45) is 5.73 Å². The van der Waals surface area contributed by atoms with Gasteiger partial charge in [0.1, 0.15) is 11.9 Å². The fraction of sp³-hybridized carbons (Fsp3) is 0.571. The fourth-order valence-corrected chi connectivity index (χ4v) is 2.71. The van der Waals surface area contributed by atoms with E-state index >= 15 is 0 Å². The molecule has 0 fully saturated rings. The van der Waals surface area contributed by atoms with Crippen LogP contribution in [0.3, 0.4) is 0 Å². The van der Waals surface area contributed by atoms with Crippen LogP contribution in [0.2, 0.25) is 0 Å². The van der Waals surface area contributed by atoms with Crippen LogP contribution in [0, 0.1) is 0 Å². The molecule has 1 aliphatic heterocycles. The molecule has 0 aliphatic carbocycles. The molecular weight excluding hydrogens is 276 g/mol. The van der Waals surface area contributed by atoms with Crippen molar-refractivity contribution in [3.05, 3.63) is 23.8 Å². The van der Waals surface area contributed by atoms with Gasteiger partial charge in [-0.3, -0.25) is 8.91 Å². The van der Waals surface area contributed by atoms with Crippen LogP contribution in [-0.4, -0.2) is 23.5 Å². The van der Waals surface area contributed by atoms with E-state index in [2.05, 4.69) is 11.6 Å². The number of fused-ring (bicyclic) bond motifs is 1. The first-order chi connectivity index (χ1) is 9.72. The molecule has 0 bridgehead atoms. The van der Waals surface area contributed by atoms with E-state index in [1.54, 1.807) is 0 Å². The Morgan fingerprint density at radius 1 is 1.55 bits per heavy atom. The highest BCUT2D eigenvalue weighted by Gasteiger charge is 2.18. The number of nitrogens with two attached hydrogens (primary N) is 1. The summed E-state index contributed by atoms with van der Waals surface area (Å²) in [6, 6.07) is 5.75. The Bertz CT molecular complexity index is 468. The lowest BCUT2D eigenvalue weighted by atomic mass is 10.0. The quantitative estimate of drug-likeness (QED) is 0.756. The number of unbranched alkanes of at least 4 members (excludes halogenated alkanes) is 1. The van der Waals surface area contributed by atoms with Crippen LogP contribution >= 0.6 is 0 Å². The number of rotatable bonds is 7. The topological polar surface area (TPSA) is 73.6 Å². The number of anilines is 1. The predicted molar refractivity (Wildman–Crippen MR) is 80.9 cm³/mol. The second kappa shape index (κ2) is 7.61. The predicted octanol–water partition coefficient (Wildman–Crippen LogP) is 2.15. The van der Waals surface area contributed by atoms with Crippen molar-refractivity contribution >= 4 is 17.0 Å². The summed E-state index contributed by atoms with van der Waals surface area (Å²) in [6.45, 7) is 3.07. The van der Waals surface area contributed by atoms with Crippen molar-refractivity contribution in [3.63, 3.8) is 0 Å². The number of benzene rings is 1. The summed E-state index contributed by atoms with van der Waals surface area (Å²) in [5.74, 6) is 0.822. The summed E-state index contributed by atoms with van der Waals surface area (Å²) in [6.07, 6.45) is 3.91. The maximum absolute atomic E-state index is 11.7. The van der Waals surface area contributed by atoms with Gasteiger partial charge in [-0.2, -0.15) is 0 Å². The Morgan fingerprint density at radius 3 is 3.15 bits per heavy atom. The Kier molecular flexibility index (Phi) is 5.82. The first kappa shape index (κ1) is 15.3. The molecule has 1 heterocycles. The van der Waals surface area contributed by atoms with Crippen molar-refractivity contribution in [1.82, 2.24) is 0 Å². The van der Waals surface area contributed by atoms with E-state index in [1.807, 2.05) is 18.2 Å². The number of hydrogen-bond donors (Lipinski definition) is 2. The molecular formula is C14H22N2O3S. The van der Waals surface area contributed by atoms with Gasteiger partial charge in [-0.05, 0) is 30.9 Å². The van der Waals surface area contributed by atoms with Gasteiger partial charge in [0.15, 0.2) is 0 Å². The molecule has 0 spiro atoms. The molecule has 3 N–H and O–H groups in total. The SMILES string of the molecule is CCCCOS(=O)Nc1ccc2c(c1)OC(CN)CC2. The molecule has 0 radical (unpaired) electrons. The van der Waals surface area contributed by atoms with Crippen molar-refractivity contribution in [2.45, 2.75) is 38.7 Å². The van der Waals surface area contributed by atoms with Crippen LogP contribution in [0.5, 0.6) is 5.75 Å². The van der Waals surface area contributed by atoms with Crippen LogP contribution < -0.4 is 15.2 Å². The summed E-state index contributed by atoms with van der Waals surface area (Å²) < 4.78 is 25.5. The molecule has 2 unspecified atom stereocenters. The van der Waals surface area contributed by atoms with Gasteiger partial charge in [-0.15, -0.1) is 0 Å². The minimum absolute atomic E-state index is 0.0732. The Balaban J connectivity index is 1.95. The first-order valence-corrected chi connectivity index (χ1v) is 8.11. The fourth-order valence-electron chi connectivity index (χ4n) is 2.06. The lowest BCUT2D eigenvalue weighted by Gasteiger charge is -2.25. The number of nitrogens with one attached hydrogen (secondary N) is 1. The summed E-state index contributed by atoms with van der Waals surface area (Å²) in [5, 5.41) is 0. The third-order valence-corrected chi connectivity index (χ3v) is 4.03. The molecule has 1 aliphatic rings. The van der Waals surface area contributed by atoms with Gasteiger partial charge in [0, 0.05) is 12.6 Å². The van der Waals surface area contributed by atoms with Crippen LogP contribution in [0.15, 0.2) is 18.2 Å². The second-order valence-electron chi connectivity index (χ2n) is 4.85. The third-order valence-electron chi connectivity index (χ3n) is 3.25. The maximum atomic E-state index is 11.7. The number of ether oxygens (including phenoxy) is 1. The summed E-state index contributed by atoms with van der Waals surface area (Å²) in [4.78, 5) is 0. The molecule has 1 aromatic rings. The maximum Gasteiger partial charge on any atom is 0.261 e. The normalized spacial score (nSPS) is 19.0. The summed E-state index contributed by atoms with van der Waals surface area (Å²) >= 11 is -1.51. The molecule has 6 heteroatoms. The van der Waals surface area contributed by atoms with E-state index in [-0.39, 0.29) is 6.10 Å². The Hall–Kier alpha value is -1.11. The number of hydrogen-bond acceptors (Lipinski definition) is 4. The first-order valence-electron chi connectivity index (χ1n) is 7.04. The van der Waals surface area contributed by atoms with Gasteiger partial charge in [-0.25, -0.2) is 4.21 Å². The largest absolute Gasteiger partial charge is 0.489 e. The van der Waals surface area contributed by atoms with Gasteiger partial charge < -0.3 is 10.5 Å². The molecule has 20 heavy (non-hydrogen) atoms. The molecule has 2 atom stereocenters. The van der Waals surface area contributed by atoms with Gasteiger partial charge in [0.05, 0.1) is 12.3 Å². The highest BCUT2D eigenvalue weighted by molar-refractivity contribution is 7.81. The molecule has 2 rings (SSSR count). The zero-order valence-electron chi connectivity index (χ0n) is 11.8. The van der Waals surface area contributed by atoms with Crippen LogP contribution in [0.4, 0.5) is 5.69 Å². The Morgan fingerprint density at radius 2 is 2.40 bits per heavy atom. The molecule has 5 nitrogen and oxygen atoms in total. The van der Waals surface area contributed by atoms with Crippen LogP contribution in [0.1, 0.15) is 31.7 Å². The highest BCUT2D eigenvalue weighted by atomic mass is 32.2. The van der Waals surface area contributed by atoms with Crippen molar-refractivity contribution in [3.8, 4) is 5.75 Å². The molecule has 0 aromatic heterocycles. The molecule has 0 saturated heterocycles. The van der Waals surface area contributed by atoms with E-state index in [0.717, 1.165) is 42.7 Å². The van der Waals surface area contributed by atoms with Gasteiger partial charge in [0.2, 0.25) is 0 Å². The molecule has 1 aromatic carbocycles. The molecule has 112 valence electrons. The minimum atomic E-state index is -1.51. The zero-order chi connectivity index (χ0) is 14.4. The van der Waals surface area contributed by atoms with E-state index in [9.17, 15) is 4.21 Å². The highest BCUT2D eigenvalue weighted by Crippen LogP contribution is 2.30. The standard InChI is InChI=1S/C14H22N2O3S/c1-2-3-8-18-20(17)16-12-6-4-11-5-7-13(10-15)19-14(11)9-12/h4,6,9,13,16H,2-3,5,7-8,10,15H2,1H3. The van der Waals surface area contributed by atoms with E-state index < -0.39 is 11.3 Å². The average Bonchev–Trinajstić information content (AvgIpc) is 2.46. The second-order valence-corrected chi connectivity index (χ2v) is 5.76. The van der Waals surface area contributed by atoms with E-state index in [0.29, 0.717) is 13.2 Å². The minimum Gasteiger partial charge on any atom is -0.489 e. The Labute approximate surface area is 122 Å². The van der Waals surface area contributed by atoms with Crippen LogP contribution in [0.25, 0.3) is 0 Å². The van der Waals surface area contributed by atoms with Gasteiger partial charge in [0.25, 0.3) is 11.3 Å². The lowest BCUT2D eigenvalue weighted by molar-refractivity contribution is 0.181. The molecule has 0 saturated carbocycles. The lowest BCUT2D eigenvalue weighted by Crippen LogP contribution is -2.30. The van der Waals surface area contributed by atoms with E-state index in [1.165, 1.54) is 0 Å². The summed E-state index contributed by atoms with van der Waals surface area (Å²) in [5.41, 5.74) is 7.54. The number of aryl methyl sites for hydroxylation is 1. The van der Waals surface area contributed by atoms with Gasteiger partial charge >= 0.3 is 0 Å². The van der Waals surface area contributed by atoms with Crippen LogP contribution in [-0.2, 0) is 21.9 Å². The van der Waals surface area contributed by atoms with Crippen molar-refractivity contribution < 1.29 is 13.1 Å². The molecule has 0 amide bonds. The monoisotopic (exact) mass is 298 g/mol. The summed E-state index contributed by atoms with van der Waals surface area (Å²) in [7, 11) is 0. The zero-order valence-corrected chi connectivity index (χ0v) is 12.6. The smallest absolute Gasteiger partial charge is 0.261 e. The van der Waals surface area contributed by atoms with E-state index in [4.69, 9.17) is 14.7 Å². The van der Waals surface area contributed by atoms with Gasteiger partial charge in [-0.1, -0.05) is 19.4 Å². The average molecular weight is 298 g/mol. The van der Waals surface area contributed by atoms with Crippen molar-refractivity contribution in [1.29, 1.82) is 0 Å². The third kappa shape index (κ3) is 4.19. The van der Waals surface area contributed by atoms with Crippen molar-refractivity contribution in [2.75, 3.05) is 17.9 Å².